The molecule has 2 rings (SSSR count). The van der Waals surface area contributed by atoms with Crippen LogP contribution in [-0.2, 0) is 9.59 Å². The van der Waals surface area contributed by atoms with Crippen LogP contribution in [0.1, 0.15) is 19.3 Å². The van der Waals surface area contributed by atoms with Gasteiger partial charge in [0.1, 0.15) is 5.78 Å². The zero-order chi connectivity index (χ0) is 8.01. The molecule has 2 fully saturated rings. The number of carbonyl (C=O) groups is 2. The largest absolute Gasteiger partial charge is 0.299 e. The van der Waals surface area contributed by atoms with Crippen molar-refractivity contribution >= 4 is 22.6 Å². The minimum atomic E-state index is -0.302. The van der Waals surface area contributed by atoms with Gasteiger partial charge in [-0.2, -0.15) is 0 Å². The first-order valence-electron chi connectivity index (χ1n) is 3.92. The zero-order valence-electron chi connectivity index (χ0n) is 6.05. The molecule has 2 bridgehead atoms. The van der Waals surface area contributed by atoms with Gasteiger partial charge in [-0.3, -0.25) is 9.59 Å². The number of ketones is 1. The highest BCUT2D eigenvalue weighted by atomic mass is 35.5. The van der Waals surface area contributed by atoms with Gasteiger partial charge in [-0.25, -0.2) is 0 Å². The van der Waals surface area contributed by atoms with Gasteiger partial charge in [-0.05, 0) is 30.4 Å². The van der Waals surface area contributed by atoms with Crippen molar-refractivity contribution in [3.8, 4) is 0 Å². The third-order valence-electron chi connectivity index (χ3n) is 2.93. The summed E-state index contributed by atoms with van der Waals surface area (Å²) in [6.45, 7) is 0. The predicted molar refractivity (Wildman–Crippen MR) is 40.2 cm³/mol. The SMILES string of the molecule is O=C(Cl)[C@@H]1[C@H]2CC[C@@H]1C(=O)C2. The number of hydrogen-bond acceptors (Lipinski definition) is 2. The first kappa shape index (κ1) is 7.29. The Bertz CT molecular complexity index is 224. The second-order valence-electron chi connectivity index (χ2n) is 3.44. The van der Waals surface area contributed by atoms with Crippen molar-refractivity contribution in [2.75, 3.05) is 0 Å². The molecule has 0 radical (unpaired) electrons. The van der Waals surface area contributed by atoms with Crippen LogP contribution in [0.25, 0.3) is 0 Å². The summed E-state index contributed by atoms with van der Waals surface area (Å²) in [5.74, 6) is 0.368. The Morgan fingerprint density at radius 3 is 2.45 bits per heavy atom. The highest BCUT2D eigenvalue weighted by molar-refractivity contribution is 6.64. The molecule has 0 N–H and O–H groups in total. The lowest BCUT2D eigenvalue weighted by molar-refractivity contribution is -0.124. The normalized spacial score (nSPS) is 41.5. The van der Waals surface area contributed by atoms with E-state index in [1.165, 1.54) is 0 Å². The van der Waals surface area contributed by atoms with E-state index >= 15 is 0 Å². The summed E-state index contributed by atoms with van der Waals surface area (Å²) in [7, 11) is 0. The lowest BCUT2D eigenvalue weighted by atomic mass is 9.99. The molecule has 0 aromatic rings. The summed E-state index contributed by atoms with van der Waals surface area (Å²) in [5, 5.41) is -0.302. The Kier molecular flexibility index (Phi) is 1.53. The van der Waals surface area contributed by atoms with Gasteiger partial charge in [0.25, 0.3) is 0 Å². The van der Waals surface area contributed by atoms with Crippen LogP contribution < -0.4 is 0 Å². The van der Waals surface area contributed by atoms with Crippen LogP contribution in [0.4, 0.5) is 0 Å². The molecular weight excluding hydrogens is 164 g/mol. The fraction of sp³-hybridized carbons (Fsp3) is 0.750. The van der Waals surface area contributed by atoms with Crippen molar-refractivity contribution in [2.24, 2.45) is 17.8 Å². The molecule has 2 aliphatic carbocycles. The Morgan fingerprint density at radius 2 is 2.18 bits per heavy atom. The monoisotopic (exact) mass is 172 g/mol. The second-order valence-corrected chi connectivity index (χ2v) is 3.82. The van der Waals surface area contributed by atoms with Crippen LogP contribution in [0, 0.1) is 17.8 Å². The molecule has 2 nitrogen and oxygen atoms in total. The number of halogens is 1. The maximum absolute atomic E-state index is 11.1. The van der Waals surface area contributed by atoms with Crippen LogP contribution in [0.3, 0.4) is 0 Å². The van der Waals surface area contributed by atoms with Gasteiger partial charge >= 0.3 is 0 Å². The Labute approximate surface area is 69.9 Å². The third-order valence-corrected chi connectivity index (χ3v) is 3.18. The van der Waals surface area contributed by atoms with Crippen LogP contribution >= 0.6 is 11.6 Å². The van der Waals surface area contributed by atoms with Gasteiger partial charge in [-0.1, -0.05) is 0 Å². The molecule has 0 heterocycles. The van der Waals surface area contributed by atoms with Gasteiger partial charge in [0, 0.05) is 18.3 Å². The topological polar surface area (TPSA) is 34.1 Å². The van der Waals surface area contributed by atoms with Crippen LogP contribution in [-0.4, -0.2) is 11.0 Å². The van der Waals surface area contributed by atoms with Crippen LogP contribution in [0.5, 0.6) is 0 Å². The minimum absolute atomic E-state index is 0.0231. The molecule has 0 saturated heterocycles. The van der Waals surface area contributed by atoms with E-state index in [1.54, 1.807) is 0 Å². The first-order valence-corrected chi connectivity index (χ1v) is 4.30. The van der Waals surface area contributed by atoms with Gasteiger partial charge < -0.3 is 0 Å². The smallest absolute Gasteiger partial charge is 0.225 e. The summed E-state index contributed by atoms with van der Waals surface area (Å²) in [6, 6.07) is 0. The summed E-state index contributed by atoms with van der Waals surface area (Å²) < 4.78 is 0. The lowest BCUT2D eigenvalue weighted by Gasteiger charge is -2.06. The lowest BCUT2D eigenvalue weighted by Crippen LogP contribution is -2.16. The van der Waals surface area contributed by atoms with Gasteiger partial charge in [0.15, 0.2) is 0 Å². The summed E-state index contributed by atoms with van der Waals surface area (Å²) in [6.07, 6.45) is 2.49. The molecule has 11 heavy (non-hydrogen) atoms. The van der Waals surface area contributed by atoms with Crippen molar-refractivity contribution in [3.05, 3.63) is 0 Å². The highest BCUT2D eigenvalue weighted by Crippen LogP contribution is 2.47. The van der Waals surface area contributed by atoms with E-state index in [0.717, 1.165) is 12.8 Å². The first-order chi connectivity index (χ1) is 5.20. The standard InChI is InChI=1S/C8H9ClO2/c9-8(11)7-4-1-2-5(7)6(10)3-4/h4-5,7H,1-3H2/t4-,5+,7+/m0/s1. The minimum Gasteiger partial charge on any atom is -0.299 e. The van der Waals surface area contributed by atoms with Crippen LogP contribution in [0.15, 0.2) is 0 Å². The molecule has 3 heteroatoms. The zero-order valence-corrected chi connectivity index (χ0v) is 6.80. The maximum Gasteiger partial charge on any atom is 0.225 e. The fourth-order valence-electron chi connectivity index (χ4n) is 2.42. The van der Waals surface area contributed by atoms with Crippen molar-refractivity contribution < 1.29 is 9.59 Å². The Morgan fingerprint density at radius 1 is 1.45 bits per heavy atom. The van der Waals surface area contributed by atoms with E-state index in [0.29, 0.717) is 6.42 Å². The van der Waals surface area contributed by atoms with Gasteiger partial charge in [0.05, 0.1) is 0 Å². The average molecular weight is 173 g/mol. The van der Waals surface area contributed by atoms with E-state index < -0.39 is 0 Å². The predicted octanol–water partition coefficient (Wildman–Crippen LogP) is 1.37. The number of carbonyl (C=O) groups excluding carboxylic acids is 2. The Balaban J connectivity index is 2.25. The summed E-state index contributed by atoms with van der Waals surface area (Å²) in [5.41, 5.74) is 0. The van der Waals surface area contributed by atoms with Crippen molar-refractivity contribution in [2.45, 2.75) is 19.3 Å². The molecule has 0 aromatic heterocycles. The molecule has 3 atom stereocenters. The number of Topliss-reactive ketones (excluding diaryl/α,β-unsaturated/α-hetero) is 1. The molecule has 0 spiro atoms. The number of fused-ring (bicyclic) bond motifs is 2. The molecule has 2 aliphatic rings. The van der Waals surface area contributed by atoms with E-state index in [1.807, 2.05) is 0 Å². The molecule has 0 amide bonds. The molecule has 60 valence electrons. The van der Waals surface area contributed by atoms with Crippen molar-refractivity contribution in [3.63, 3.8) is 0 Å². The average Bonchev–Trinajstić information content (AvgIpc) is 2.41. The summed E-state index contributed by atoms with van der Waals surface area (Å²) >= 11 is 5.39. The fourth-order valence-corrected chi connectivity index (χ4v) is 2.76. The molecule has 0 aromatic carbocycles. The van der Waals surface area contributed by atoms with E-state index in [4.69, 9.17) is 11.6 Å². The third kappa shape index (κ3) is 0.924. The number of rotatable bonds is 1. The van der Waals surface area contributed by atoms with Crippen molar-refractivity contribution in [1.29, 1.82) is 0 Å². The molecule has 0 unspecified atom stereocenters. The summed E-state index contributed by atoms with van der Waals surface area (Å²) in [4.78, 5) is 22.0. The van der Waals surface area contributed by atoms with Crippen molar-refractivity contribution in [1.82, 2.24) is 0 Å². The number of hydrogen-bond donors (Lipinski definition) is 0. The quantitative estimate of drug-likeness (QED) is 0.560. The van der Waals surface area contributed by atoms with Gasteiger partial charge in [0.2, 0.25) is 5.24 Å². The van der Waals surface area contributed by atoms with Gasteiger partial charge in [-0.15, -0.1) is 0 Å². The van der Waals surface area contributed by atoms with E-state index in [2.05, 4.69) is 0 Å². The van der Waals surface area contributed by atoms with E-state index in [9.17, 15) is 9.59 Å². The van der Waals surface area contributed by atoms with Crippen LogP contribution in [0.2, 0.25) is 0 Å². The molecular formula is C8H9ClO2. The second kappa shape index (κ2) is 2.31. The molecule has 2 saturated carbocycles. The van der Waals surface area contributed by atoms with E-state index in [-0.39, 0.29) is 28.8 Å². The highest BCUT2D eigenvalue weighted by Gasteiger charge is 2.50. The maximum atomic E-state index is 11.1. The Hall–Kier alpha value is -0.370. The molecule has 0 aliphatic heterocycles.